The van der Waals surface area contributed by atoms with Gasteiger partial charge in [-0.15, -0.1) is 0 Å². The fourth-order valence-corrected chi connectivity index (χ4v) is 2.75. The molecular formula is C20H21ClN4O5. The quantitative estimate of drug-likeness (QED) is 0.376. The lowest BCUT2D eigenvalue weighted by atomic mass is 10.0. The van der Waals surface area contributed by atoms with Crippen molar-refractivity contribution in [3.63, 3.8) is 0 Å². The van der Waals surface area contributed by atoms with Gasteiger partial charge in [0, 0.05) is 22.2 Å². The second kappa shape index (κ2) is 10.4. The molecular weight excluding hydrogens is 412 g/mol. The highest BCUT2D eigenvalue weighted by molar-refractivity contribution is 6.31. The molecule has 2 amide bonds. The van der Waals surface area contributed by atoms with Gasteiger partial charge in [-0.05, 0) is 36.2 Å². The van der Waals surface area contributed by atoms with Gasteiger partial charge >= 0.3 is 5.69 Å². The zero-order valence-electron chi connectivity index (χ0n) is 16.6. The van der Waals surface area contributed by atoms with Gasteiger partial charge in [0.1, 0.15) is 6.04 Å². The van der Waals surface area contributed by atoms with Crippen LogP contribution in [0.2, 0.25) is 5.02 Å². The highest BCUT2D eigenvalue weighted by Crippen LogP contribution is 2.26. The highest BCUT2D eigenvalue weighted by atomic mass is 35.5. The number of amides is 2. The van der Waals surface area contributed by atoms with Crippen molar-refractivity contribution >= 4 is 35.3 Å². The molecule has 9 nitrogen and oxygen atoms in total. The topological polar surface area (TPSA) is 123 Å². The summed E-state index contributed by atoms with van der Waals surface area (Å²) in [6.07, 6.45) is 1.26. The normalized spacial score (nSPS) is 11.9. The second-order valence-electron chi connectivity index (χ2n) is 6.63. The Morgan fingerprint density at radius 3 is 2.57 bits per heavy atom. The molecule has 0 aliphatic heterocycles. The van der Waals surface area contributed by atoms with Gasteiger partial charge in [0.2, 0.25) is 0 Å². The lowest BCUT2D eigenvalue weighted by Gasteiger charge is -2.20. The van der Waals surface area contributed by atoms with Crippen molar-refractivity contribution in [2.24, 2.45) is 11.0 Å². The van der Waals surface area contributed by atoms with Crippen molar-refractivity contribution in [2.75, 3.05) is 7.11 Å². The molecule has 0 aliphatic rings. The van der Waals surface area contributed by atoms with Gasteiger partial charge in [-0.2, -0.15) is 5.10 Å². The van der Waals surface area contributed by atoms with Gasteiger partial charge in [0.25, 0.3) is 11.8 Å². The molecule has 10 heteroatoms. The van der Waals surface area contributed by atoms with Gasteiger partial charge < -0.3 is 10.1 Å². The number of hydrogen-bond donors (Lipinski definition) is 2. The number of rotatable bonds is 8. The summed E-state index contributed by atoms with van der Waals surface area (Å²) >= 11 is 5.90. The van der Waals surface area contributed by atoms with E-state index in [9.17, 15) is 19.7 Å². The molecule has 0 aliphatic carbocycles. The minimum atomic E-state index is -0.848. The van der Waals surface area contributed by atoms with Gasteiger partial charge in [0.15, 0.2) is 5.75 Å². The highest BCUT2D eigenvalue weighted by Gasteiger charge is 2.24. The first kappa shape index (κ1) is 22.8. The maximum atomic E-state index is 12.5. The number of nitrogens with zero attached hydrogens (tertiary/aromatic N) is 2. The number of nitro benzene ring substituents is 1. The number of hydrazone groups is 1. The van der Waals surface area contributed by atoms with E-state index in [1.165, 1.54) is 31.5 Å². The van der Waals surface area contributed by atoms with E-state index in [2.05, 4.69) is 15.8 Å². The van der Waals surface area contributed by atoms with Crippen LogP contribution in [0.3, 0.4) is 0 Å². The molecule has 0 spiro atoms. The van der Waals surface area contributed by atoms with E-state index >= 15 is 0 Å². The zero-order valence-corrected chi connectivity index (χ0v) is 17.3. The van der Waals surface area contributed by atoms with E-state index in [1.807, 2.05) is 0 Å². The SMILES string of the molecule is COc1ccc(C=NNC(=O)C(NC(=O)c2cccc(Cl)c2)C(C)C)cc1[N+](=O)[O-]. The Balaban J connectivity index is 2.07. The Morgan fingerprint density at radius 2 is 1.97 bits per heavy atom. The van der Waals surface area contributed by atoms with Crippen LogP contribution in [0.5, 0.6) is 5.75 Å². The molecule has 0 heterocycles. The van der Waals surface area contributed by atoms with E-state index in [0.29, 0.717) is 16.1 Å². The number of nitro groups is 1. The van der Waals surface area contributed by atoms with E-state index < -0.39 is 22.8 Å². The molecule has 2 aromatic carbocycles. The molecule has 30 heavy (non-hydrogen) atoms. The molecule has 0 aromatic heterocycles. The molecule has 0 bridgehead atoms. The van der Waals surface area contributed by atoms with E-state index in [0.717, 1.165) is 0 Å². The van der Waals surface area contributed by atoms with Gasteiger partial charge in [-0.3, -0.25) is 19.7 Å². The van der Waals surface area contributed by atoms with Crippen molar-refractivity contribution in [1.82, 2.24) is 10.7 Å². The molecule has 158 valence electrons. The van der Waals surface area contributed by atoms with Gasteiger partial charge in [-0.25, -0.2) is 5.43 Å². The largest absolute Gasteiger partial charge is 0.490 e. The summed E-state index contributed by atoms with van der Waals surface area (Å²) in [5.41, 5.74) is 2.85. The standard InChI is InChI=1S/C20H21ClN4O5/c1-12(2)18(23-19(26)14-5-4-6-15(21)10-14)20(27)24-22-11-13-7-8-17(30-3)16(9-13)25(28)29/h4-12,18H,1-3H3,(H,23,26)(H,24,27). The van der Waals surface area contributed by atoms with E-state index in [4.69, 9.17) is 16.3 Å². The molecule has 2 aromatic rings. The van der Waals surface area contributed by atoms with Crippen LogP contribution >= 0.6 is 11.6 Å². The van der Waals surface area contributed by atoms with Crippen LogP contribution in [0.25, 0.3) is 0 Å². The number of carbonyl (C=O) groups is 2. The van der Waals surface area contributed by atoms with Gasteiger partial charge in [0.05, 0.1) is 18.2 Å². The average Bonchev–Trinajstić information content (AvgIpc) is 2.71. The van der Waals surface area contributed by atoms with Crippen molar-refractivity contribution in [3.8, 4) is 5.75 Å². The van der Waals surface area contributed by atoms with E-state index in [1.54, 1.807) is 38.1 Å². The zero-order chi connectivity index (χ0) is 22.3. The number of nitrogens with one attached hydrogen (secondary N) is 2. The maximum absolute atomic E-state index is 12.5. The fraction of sp³-hybridized carbons (Fsp3) is 0.250. The van der Waals surface area contributed by atoms with Crippen LogP contribution in [0.15, 0.2) is 47.6 Å². The minimum absolute atomic E-state index is 0.116. The Morgan fingerprint density at radius 1 is 1.23 bits per heavy atom. The number of ether oxygens (including phenoxy) is 1. The van der Waals surface area contributed by atoms with Crippen LogP contribution in [-0.4, -0.2) is 36.1 Å². The molecule has 0 fully saturated rings. The lowest BCUT2D eigenvalue weighted by Crippen LogP contribution is -2.48. The summed E-state index contributed by atoms with van der Waals surface area (Å²) in [4.78, 5) is 35.4. The monoisotopic (exact) mass is 432 g/mol. The Hall–Kier alpha value is -3.46. The molecule has 2 rings (SSSR count). The Kier molecular flexibility index (Phi) is 7.88. The number of benzene rings is 2. The molecule has 1 atom stereocenters. The summed E-state index contributed by atoms with van der Waals surface area (Å²) in [6, 6.07) is 9.79. The smallest absolute Gasteiger partial charge is 0.311 e. The van der Waals surface area contributed by atoms with Crippen LogP contribution in [0.1, 0.15) is 29.8 Å². The molecule has 2 N–H and O–H groups in total. The van der Waals surface area contributed by atoms with Crippen LogP contribution < -0.4 is 15.5 Å². The summed E-state index contributed by atoms with van der Waals surface area (Å²) in [6.45, 7) is 3.55. The first-order chi connectivity index (χ1) is 14.2. The predicted molar refractivity (Wildman–Crippen MR) is 113 cm³/mol. The van der Waals surface area contributed by atoms with Crippen LogP contribution in [0.4, 0.5) is 5.69 Å². The Bertz CT molecular complexity index is 977. The lowest BCUT2D eigenvalue weighted by molar-refractivity contribution is -0.385. The van der Waals surface area contributed by atoms with Crippen molar-refractivity contribution in [1.29, 1.82) is 0 Å². The third-order valence-electron chi connectivity index (χ3n) is 4.11. The summed E-state index contributed by atoms with van der Waals surface area (Å²) < 4.78 is 4.94. The Labute approximate surface area is 178 Å². The summed E-state index contributed by atoms with van der Waals surface area (Å²) in [7, 11) is 1.33. The third-order valence-corrected chi connectivity index (χ3v) is 4.35. The van der Waals surface area contributed by atoms with Crippen molar-refractivity contribution < 1.29 is 19.2 Å². The van der Waals surface area contributed by atoms with Crippen molar-refractivity contribution in [3.05, 3.63) is 68.7 Å². The second-order valence-corrected chi connectivity index (χ2v) is 7.06. The molecule has 0 radical (unpaired) electrons. The van der Waals surface area contributed by atoms with Crippen LogP contribution in [-0.2, 0) is 4.79 Å². The minimum Gasteiger partial charge on any atom is -0.490 e. The first-order valence-corrected chi connectivity index (χ1v) is 9.32. The summed E-state index contributed by atoms with van der Waals surface area (Å²) in [5.74, 6) is -1.07. The number of carbonyl (C=O) groups excluding carboxylic acids is 2. The number of halogens is 1. The van der Waals surface area contributed by atoms with E-state index in [-0.39, 0.29) is 17.4 Å². The summed E-state index contributed by atoms with van der Waals surface area (Å²) in [5, 5.41) is 18.0. The average molecular weight is 433 g/mol. The molecule has 0 saturated carbocycles. The van der Waals surface area contributed by atoms with Crippen LogP contribution in [0, 0.1) is 16.0 Å². The fourth-order valence-electron chi connectivity index (χ4n) is 2.56. The predicted octanol–water partition coefficient (Wildman–Crippen LogP) is 3.16. The third kappa shape index (κ3) is 6.02. The number of hydrogen-bond acceptors (Lipinski definition) is 6. The molecule has 0 saturated heterocycles. The molecule has 1 unspecified atom stereocenters. The number of methoxy groups -OCH3 is 1. The maximum Gasteiger partial charge on any atom is 0.311 e. The van der Waals surface area contributed by atoms with Crippen molar-refractivity contribution in [2.45, 2.75) is 19.9 Å². The first-order valence-electron chi connectivity index (χ1n) is 8.94. The van der Waals surface area contributed by atoms with Gasteiger partial charge in [-0.1, -0.05) is 31.5 Å².